The first-order chi connectivity index (χ1) is 11.8. The minimum atomic E-state index is -0.208. The van der Waals surface area contributed by atoms with Gasteiger partial charge in [-0.1, -0.05) is 60.7 Å². The number of amides is 1. The Labute approximate surface area is 143 Å². The number of likely N-dealkylation sites (tertiary alicyclic amines) is 1. The van der Waals surface area contributed by atoms with Gasteiger partial charge in [-0.3, -0.25) is 0 Å². The highest BCUT2D eigenvalue weighted by Gasteiger charge is 2.23. The lowest BCUT2D eigenvalue weighted by Gasteiger charge is -2.31. The molecule has 0 unspecified atom stereocenters. The maximum Gasteiger partial charge on any atom is 0.410 e. The molecule has 2 aromatic rings. The van der Waals surface area contributed by atoms with Gasteiger partial charge in [-0.05, 0) is 24.0 Å². The average Bonchev–Trinajstić information content (AvgIpc) is 2.66. The summed E-state index contributed by atoms with van der Waals surface area (Å²) in [7, 11) is 0. The zero-order valence-electron chi connectivity index (χ0n) is 13.9. The predicted octanol–water partition coefficient (Wildman–Crippen LogP) is 3.58. The number of carbonyl (C=O) groups is 1. The lowest BCUT2D eigenvalue weighted by atomic mass is 10.0. The molecule has 1 aliphatic rings. The molecule has 1 heterocycles. The number of carbonyl (C=O) groups excluding carboxylic acids is 1. The van der Waals surface area contributed by atoms with E-state index in [1.54, 1.807) is 0 Å². The second-order valence-corrected chi connectivity index (χ2v) is 6.17. The van der Waals surface area contributed by atoms with Crippen LogP contribution in [0.3, 0.4) is 0 Å². The Balaban J connectivity index is 1.37. The van der Waals surface area contributed by atoms with E-state index in [2.05, 4.69) is 29.6 Å². The Bertz CT molecular complexity index is 623. The van der Waals surface area contributed by atoms with E-state index < -0.39 is 0 Å². The summed E-state index contributed by atoms with van der Waals surface area (Å²) in [4.78, 5) is 13.9. The summed E-state index contributed by atoms with van der Waals surface area (Å²) in [6, 6.07) is 20.7. The van der Waals surface area contributed by atoms with Crippen molar-refractivity contribution in [1.29, 1.82) is 0 Å². The van der Waals surface area contributed by atoms with Crippen LogP contribution in [0.25, 0.3) is 0 Å². The highest BCUT2D eigenvalue weighted by molar-refractivity contribution is 5.67. The van der Waals surface area contributed by atoms with Crippen LogP contribution in [0.5, 0.6) is 0 Å². The van der Waals surface area contributed by atoms with Crippen LogP contribution in [0.15, 0.2) is 60.7 Å². The summed E-state index contributed by atoms with van der Waals surface area (Å²) in [5.74, 6) is 0. The number of ether oxygens (including phenoxy) is 1. The molecule has 4 heteroatoms. The fourth-order valence-electron chi connectivity index (χ4n) is 2.93. The van der Waals surface area contributed by atoms with Crippen LogP contribution in [-0.4, -0.2) is 30.1 Å². The molecule has 1 amide bonds. The molecule has 1 fully saturated rings. The van der Waals surface area contributed by atoms with Crippen LogP contribution in [-0.2, 0) is 17.9 Å². The third kappa shape index (κ3) is 4.83. The van der Waals surface area contributed by atoms with Gasteiger partial charge in [-0.15, -0.1) is 0 Å². The van der Waals surface area contributed by atoms with Gasteiger partial charge in [0.25, 0.3) is 0 Å². The van der Waals surface area contributed by atoms with Crippen molar-refractivity contribution in [3.05, 3.63) is 71.8 Å². The van der Waals surface area contributed by atoms with E-state index >= 15 is 0 Å². The van der Waals surface area contributed by atoms with E-state index in [1.807, 2.05) is 41.3 Å². The number of hydrogen-bond acceptors (Lipinski definition) is 3. The van der Waals surface area contributed by atoms with E-state index in [0.29, 0.717) is 12.6 Å². The van der Waals surface area contributed by atoms with Crippen LogP contribution < -0.4 is 5.32 Å². The lowest BCUT2D eigenvalue weighted by molar-refractivity contribution is 0.0852. The molecule has 0 aromatic heterocycles. The van der Waals surface area contributed by atoms with Gasteiger partial charge in [-0.25, -0.2) is 4.79 Å². The zero-order chi connectivity index (χ0) is 16.6. The molecule has 1 aliphatic heterocycles. The van der Waals surface area contributed by atoms with Crippen LogP contribution in [0, 0.1) is 0 Å². The number of nitrogens with one attached hydrogen (secondary N) is 1. The van der Waals surface area contributed by atoms with Gasteiger partial charge in [-0.2, -0.15) is 0 Å². The molecule has 2 aromatic carbocycles. The quantitative estimate of drug-likeness (QED) is 0.914. The Hall–Kier alpha value is -2.33. The normalized spacial score (nSPS) is 15.2. The van der Waals surface area contributed by atoms with Crippen LogP contribution in [0.2, 0.25) is 0 Å². The number of hydrogen-bond donors (Lipinski definition) is 1. The summed E-state index contributed by atoms with van der Waals surface area (Å²) in [5, 5.41) is 3.58. The standard InChI is InChI=1S/C20H24N2O2/c23-20(24-16-18-9-5-2-6-10-18)22-13-11-19(12-14-22)21-15-17-7-3-1-4-8-17/h1-10,19,21H,11-16H2. The third-order valence-corrected chi connectivity index (χ3v) is 4.40. The topological polar surface area (TPSA) is 41.6 Å². The van der Waals surface area contributed by atoms with Crippen molar-refractivity contribution < 1.29 is 9.53 Å². The van der Waals surface area contributed by atoms with Crippen molar-refractivity contribution in [3.63, 3.8) is 0 Å². The molecule has 0 atom stereocenters. The smallest absolute Gasteiger partial charge is 0.410 e. The van der Waals surface area contributed by atoms with Crippen molar-refractivity contribution in [2.24, 2.45) is 0 Å². The van der Waals surface area contributed by atoms with E-state index in [9.17, 15) is 4.79 Å². The molecule has 0 aliphatic carbocycles. The summed E-state index contributed by atoms with van der Waals surface area (Å²) in [6.45, 7) is 2.72. The molecule has 0 bridgehead atoms. The van der Waals surface area contributed by atoms with Gasteiger partial charge in [0.15, 0.2) is 0 Å². The van der Waals surface area contributed by atoms with Crippen molar-refractivity contribution in [2.45, 2.75) is 32.0 Å². The first-order valence-corrected chi connectivity index (χ1v) is 8.54. The zero-order valence-corrected chi connectivity index (χ0v) is 13.9. The van der Waals surface area contributed by atoms with Crippen molar-refractivity contribution in [1.82, 2.24) is 10.2 Å². The molecular weight excluding hydrogens is 300 g/mol. The Morgan fingerprint density at radius 1 is 0.958 bits per heavy atom. The monoisotopic (exact) mass is 324 g/mol. The molecule has 0 radical (unpaired) electrons. The van der Waals surface area contributed by atoms with Gasteiger partial charge in [0, 0.05) is 25.7 Å². The van der Waals surface area contributed by atoms with E-state index in [0.717, 1.165) is 38.0 Å². The summed E-state index contributed by atoms with van der Waals surface area (Å²) in [5.41, 5.74) is 2.31. The van der Waals surface area contributed by atoms with Gasteiger partial charge in [0.1, 0.15) is 6.61 Å². The molecule has 126 valence electrons. The van der Waals surface area contributed by atoms with Gasteiger partial charge in [0.05, 0.1) is 0 Å². The third-order valence-electron chi connectivity index (χ3n) is 4.40. The minimum absolute atomic E-state index is 0.208. The molecule has 0 spiro atoms. The summed E-state index contributed by atoms with van der Waals surface area (Å²) < 4.78 is 5.40. The maximum atomic E-state index is 12.1. The van der Waals surface area contributed by atoms with Crippen molar-refractivity contribution >= 4 is 6.09 Å². The van der Waals surface area contributed by atoms with Crippen molar-refractivity contribution in [2.75, 3.05) is 13.1 Å². The molecule has 1 N–H and O–H groups in total. The van der Waals surface area contributed by atoms with Gasteiger partial charge >= 0.3 is 6.09 Å². The van der Waals surface area contributed by atoms with E-state index in [1.165, 1.54) is 5.56 Å². The van der Waals surface area contributed by atoms with Gasteiger partial charge in [0.2, 0.25) is 0 Å². The Morgan fingerprint density at radius 2 is 1.54 bits per heavy atom. The van der Waals surface area contributed by atoms with Crippen molar-refractivity contribution in [3.8, 4) is 0 Å². The SMILES string of the molecule is O=C(OCc1ccccc1)N1CCC(NCc2ccccc2)CC1. The maximum absolute atomic E-state index is 12.1. The van der Waals surface area contributed by atoms with Crippen LogP contribution >= 0.6 is 0 Å². The lowest BCUT2D eigenvalue weighted by Crippen LogP contribution is -2.44. The molecule has 3 rings (SSSR count). The minimum Gasteiger partial charge on any atom is -0.445 e. The van der Waals surface area contributed by atoms with E-state index in [4.69, 9.17) is 4.74 Å². The summed E-state index contributed by atoms with van der Waals surface area (Å²) >= 11 is 0. The number of nitrogens with zero attached hydrogens (tertiary/aromatic N) is 1. The summed E-state index contributed by atoms with van der Waals surface area (Å²) in [6.07, 6.45) is 1.72. The first kappa shape index (κ1) is 16.5. The highest BCUT2D eigenvalue weighted by atomic mass is 16.6. The molecule has 24 heavy (non-hydrogen) atoms. The molecule has 4 nitrogen and oxygen atoms in total. The van der Waals surface area contributed by atoms with E-state index in [-0.39, 0.29) is 6.09 Å². The van der Waals surface area contributed by atoms with Crippen LogP contribution in [0.4, 0.5) is 4.79 Å². The van der Waals surface area contributed by atoms with Gasteiger partial charge < -0.3 is 15.0 Å². The average molecular weight is 324 g/mol. The fraction of sp³-hybridized carbons (Fsp3) is 0.350. The highest BCUT2D eigenvalue weighted by Crippen LogP contribution is 2.13. The Kier molecular flexibility index (Phi) is 5.85. The predicted molar refractivity (Wildman–Crippen MR) is 94.5 cm³/mol. The second-order valence-electron chi connectivity index (χ2n) is 6.17. The molecule has 0 saturated carbocycles. The molecular formula is C20H24N2O2. The fourth-order valence-corrected chi connectivity index (χ4v) is 2.93. The number of rotatable bonds is 5. The largest absolute Gasteiger partial charge is 0.445 e. The molecule has 1 saturated heterocycles. The first-order valence-electron chi connectivity index (χ1n) is 8.54. The van der Waals surface area contributed by atoms with Crippen LogP contribution in [0.1, 0.15) is 24.0 Å². The Morgan fingerprint density at radius 3 is 2.17 bits per heavy atom. The second kappa shape index (κ2) is 8.50. The number of benzene rings is 2. The number of piperidine rings is 1.